The number of nitrogens with zero attached hydrogens (tertiary/aromatic N) is 2. The van der Waals surface area contributed by atoms with E-state index in [-0.39, 0.29) is 30.1 Å². The van der Waals surface area contributed by atoms with Crippen LogP contribution >= 0.6 is 0 Å². The first-order chi connectivity index (χ1) is 13.5. The Morgan fingerprint density at radius 2 is 2.07 bits per heavy atom. The number of nitrogens with one attached hydrogen (secondary N) is 2. The van der Waals surface area contributed by atoms with E-state index in [1.807, 2.05) is 17.9 Å². The number of carboxylic acids is 1. The maximum absolute atomic E-state index is 12.1. The minimum absolute atomic E-state index is 0.0205. The van der Waals surface area contributed by atoms with Gasteiger partial charge in [0, 0.05) is 24.9 Å². The molecule has 3 N–H and O–H groups in total. The number of benzene rings is 1. The van der Waals surface area contributed by atoms with Gasteiger partial charge in [-0.1, -0.05) is 19.1 Å². The van der Waals surface area contributed by atoms with Crippen LogP contribution in [0.15, 0.2) is 29.1 Å². The molecule has 1 aromatic heterocycles. The zero-order chi connectivity index (χ0) is 20.1. The summed E-state index contributed by atoms with van der Waals surface area (Å²) in [6.07, 6.45) is 3.06. The van der Waals surface area contributed by atoms with Gasteiger partial charge < -0.3 is 15.4 Å². The molecule has 1 fully saturated rings. The number of fused-ring (bicyclic) bond motifs is 1. The maximum Gasteiger partial charge on any atom is 0.317 e. The fourth-order valence-electron chi connectivity index (χ4n) is 3.65. The average molecular weight is 386 g/mol. The van der Waals surface area contributed by atoms with E-state index in [1.165, 1.54) is 0 Å². The molecule has 0 bridgehead atoms. The molecular formula is C20H26N4O4. The Balaban J connectivity index is 1.41. The number of carbonyl (C=O) groups excluding carboxylic acids is 1. The van der Waals surface area contributed by atoms with Gasteiger partial charge in [-0.15, -0.1) is 0 Å². The van der Waals surface area contributed by atoms with Crippen LogP contribution in [0.25, 0.3) is 10.9 Å². The Kier molecular flexibility index (Phi) is 6.41. The molecule has 1 amide bonds. The van der Waals surface area contributed by atoms with E-state index < -0.39 is 5.97 Å². The standard InChI is InChI=1S/C20H26N4O4/c1-2-24(12-19(26)27)14-10-13(11-14)21-18(25)9-5-8-17-22-16-7-4-3-6-15(16)20(28)23-17/h3-4,6-7,13-14H,2,5,8-12H2,1H3,(H,21,25)(H,26,27)(H,22,23,28). The number of H-pyrrole nitrogens is 1. The zero-order valence-corrected chi connectivity index (χ0v) is 16.0. The number of amides is 1. The van der Waals surface area contributed by atoms with Crippen molar-refractivity contribution in [2.75, 3.05) is 13.1 Å². The van der Waals surface area contributed by atoms with Crippen molar-refractivity contribution in [3.05, 3.63) is 40.4 Å². The summed E-state index contributed by atoms with van der Waals surface area (Å²) < 4.78 is 0. The summed E-state index contributed by atoms with van der Waals surface area (Å²) in [6.45, 7) is 2.67. The van der Waals surface area contributed by atoms with Crippen molar-refractivity contribution >= 4 is 22.8 Å². The Hall–Kier alpha value is -2.74. The summed E-state index contributed by atoms with van der Waals surface area (Å²) in [7, 11) is 0. The largest absolute Gasteiger partial charge is 0.480 e. The van der Waals surface area contributed by atoms with Gasteiger partial charge in [0.1, 0.15) is 5.82 Å². The number of para-hydroxylation sites is 1. The highest BCUT2D eigenvalue weighted by Crippen LogP contribution is 2.25. The van der Waals surface area contributed by atoms with Crippen LogP contribution in [-0.4, -0.2) is 57.0 Å². The number of hydrogen-bond donors (Lipinski definition) is 3. The first-order valence-electron chi connectivity index (χ1n) is 9.69. The molecule has 0 saturated heterocycles. The first-order valence-corrected chi connectivity index (χ1v) is 9.69. The van der Waals surface area contributed by atoms with Crippen molar-refractivity contribution in [3.8, 4) is 0 Å². The van der Waals surface area contributed by atoms with E-state index in [2.05, 4.69) is 15.3 Å². The average Bonchev–Trinajstić information content (AvgIpc) is 2.62. The SMILES string of the molecule is CCN(CC(=O)O)C1CC(NC(=O)CCCc2nc3ccccc3c(=O)[nH]2)C1. The third kappa shape index (κ3) is 4.95. The van der Waals surface area contributed by atoms with Gasteiger partial charge in [0.05, 0.1) is 17.4 Å². The van der Waals surface area contributed by atoms with Gasteiger partial charge >= 0.3 is 5.97 Å². The van der Waals surface area contributed by atoms with Gasteiger partial charge in [-0.2, -0.15) is 0 Å². The molecule has 0 unspecified atom stereocenters. The number of aliphatic carboxylic acids is 1. The molecule has 1 aromatic carbocycles. The molecule has 150 valence electrons. The molecule has 8 heteroatoms. The lowest BCUT2D eigenvalue weighted by Crippen LogP contribution is -2.54. The van der Waals surface area contributed by atoms with E-state index in [9.17, 15) is 14.4 Å². The van der Waals surface area contributed by atoms with Gasteiger partial charge in [0.25, 0.3) is 5.56 Å². The molecule has 1 saturated carbocycles. The summed E-state index contributed by atoms with van der Waals surface area (Å²) in [5.74, 6) is -0.255. The van der Waals surface area contributed by atoms with E-state index in [0.717, 1.165) is 12.8 Å². The van der Waals surface area contributed by atoms with Crippen molar-refractivity contribution in [1.29, 1.82) is 0 Å². The lowest BCUT2D eigenvalue weighted by molar-refractivity contribution is -0.139. The number of hydrogen-bond acceptors (Lipinski definition) is 5. The van der Waals surface area contributed by atoms with E-state index in [1.54, 1.807) is 18.2 Å². The van der Waals surface area contributed by atoms with Gasteiger partial charge in [-0.25, -0.2) is 4.98 Å². The Morgan fingerprint density at radius 1 is 1.32 bits per heavy atom. The molecule has 28 heavy (non-hydrogen) atoms. The van der Waals surface area contributed by atoms with Crippen LogP contribution in [0, 0.1) is 0 Å². The monoisotopic (exact) mass is 386 g/mol. The smallest absolute Gasteiger partial charge is 0.317 e. The molecule has 0 spiro atoms. The number of aromatic amines is 1. The van der Waals surface area contributed by atoms with Crippen molar-refractivity contribution < 1.29 is 14.7 Å². The fourth-order valence-corrected chi connectivity index (χ4v) is 3.65. The number of likely N-dealkylation sites (N-methyl/N-ethyl adjacent to an activating group) is 1. The summed E-state index contributed by atoms with van der Waals surface area (Å²) >= 11 is 0. The quantitative estimate of drug-likeness (QED) is 0.598. The fraction of sp³-hybridized carbons (Fsp3) is 0.500. The first kappa shape index (κ1) is 20.0. The maximum atomic E-state index is 12.1. The molecule has 2 aromatic rings. The molecule has 8 nitrogen and oxygen atoms in total. The number of aryl methyl sites for hydroxylation is 1. The Labute approximate surface area is 163 Å². The third-order valence-electron chi connectivity index (χ3n) is 5.22. The lowest BCUT2D eigenvalue weighted by Gasteiger charge is -2.42. The van der Waals surface area contributed by atoms with Crippen molar-refractivity contribution in [3.63, 3.8) is 0 Å². The highest BCUT2D eigenvalue weighted by Gasteiger charge is 2.34. The summed E-state index contributed by atoms with van der Waals surface area (Å²) in [4.78, 5) is 44.2. The molecular weight excluding hydrogens is 360 g/mol. The number of carboxylic acid groups (broad SMARTS) is 1. The van der Waals surface area contributed by atoms with Gasteiger partial charge in [-0.05, 0) is 37.9 Å². The third-order valence-corrected chi connectivity index (χ3v) is 5.22. The molecule has 1 heterocycles. The normalized spacial score (nSPS) is 18.8. The lowest BCUT2D eigenvalue weighted by atomic mass is 9.85. The van der Waals surface area contributed by atoms with Crippen LogP contribution in [0.1, 0.15) is 38.4 Å². The minimum atomic E-state index is -0.824. The van der Waals surface area contributed by atoms with Gasteiger partial charge in [-0.3, -0.25) is 19.3 Å². The molecule has 3 rings (SSSR count). The summed E-state index contributed by atoms with van der Waals surface area (Å²) in [5.41, 5.74) is 0.500. The van der Waals surface area contributed by atoms with Crippen LogP contribution in [0.3, 0.4) is 0 Å². The van der Waals surface area contributed by atoms with Crippen LogP contribution in [0.2, 0.25) is 0 Å². The molecule has 1 aliphatic rings. The number of aromatic nitrogens is 2. The van der Waals surface area contributed by atoms with Crippen molar-refractivity contribution in [2.45, 2.75) is 51.1 Å². The van der Waals surface area contributed by atoms with E-state index in [0.29, 0.717) is 42.5 Å². The summed E-state index contributed by atoms with van der Waals surface area (Å²) in [6, 6.07) is 7.51. The Bertz CT molecular complexity index is 904. The van der Waals surface area contributed by atoms with Crippen LogP contribution in [0.4, 0.5) is 0 Å². The summed E-state index contributed by atoms with van der Waals surface area (Å²) in [5, 5.41) is 12.5. The Morgan fingerprint density at radius 3 is 2.79 bits per heavy atom. The highest BCUT2D eigenvalue weighted by molar-refractivity contribution is 5.77. The van der Waals surface area contributed by atoms with Crippen molar-refractivity contribution in [2.24, 2.45) is 0 Å². The topological polar surface area (TPSA) is 115 Å². The number of rotatable bonds is 9. The van der Waals surface area contributed by atoms with E-state index >= 15 is 0 Å². The van der Waals surface area contributed by atoms with Crippen molar-refractivity contribution in [1.82, 2.24) is 20.2 Å². The van der Waals surface area contributed by atoms with Crippen LogP contribution in [0.5, 0.6) is 0 Å². The zero-order valence-electron chi connectivity index (χ0n) is 16.0. The van der Waals surface area contributed by atoms with Gasteiger partial charge in [0.15, 0.2) is 0 Å². The predicted octanol–water partition coefficient (Wildman–Crippen LogP) is 1.30. The molecule has 0 radical (unpaired) electrons. The van der Waals surface area contributed by atoms with Crippen LogP contribution < -0.4 is 10.9 Å². The molecule has 0 aliphatic heterocycles. The second kappa shape index (κ2) is 8.97. The van der Waals surface area contributed by atoms with E-state index in [4.69, 9.17) is 5.11 Å². The van der Waals surface area contributed by atoms with Gasteiger partial charge in [0.2, 0.25) is 5.91 Å². The minimum Gasteiger partial charge on any atom is -0.480 e. The highest BCUT2D eigenvalue weighted by atomic mass is 16.4. The molecule has 1 aliphatic carbocycles. The predicted molar refractivity (Wildman–Crippen MR) is 105 cm³/mol. The molecule has 0 atom stereocenters. The van der Waals surface area contributed by atoms with Crippen LogP contribution in [-0.2, 0) is 16.0 Å². The second-order valence-electron chi connectivity index (χ2n) is 7.23. The number of carbonyl (C=O) groups is 2. The second-order valence-corrected chi connectivity index (χ2v) is 7.23.